The van der Waals surface area contributed by atoms with Crippen molar-refractivity contribution in [2.45, 2.75) is 20.0 Å². The topological polar surface area (TPSA) is 33.1 Å². The standard InChI is InChI=1S/C12H12FNOS/c1-7-3-8(2)11(9(13)4-7)12(15)10-5-16-6-14-10/h3-6,12,15H,1-2H3. The zero-order valence-corrected chi connectivity index (χ0v) is 9.88. The normalized spacial score (nSPS) is 12.8. The van der Waals surface area contributed by atoms with Crippen LogP contribution in [0.1, 0.15) is 28.5 Å². The minimum absolute atomic E-state index is 0.316. The molecule has 2 nitrogen and oxygen atoms in total. The third kappa shape index (κ3) is 1.99. The lowest BCUT2D eigenvalue weighted by Gasteiger charge is -2.13. The number of halogens is 1. The molecule has 2 aromatic rings. The minimum Gasteiger partial charge on any atom is -0.382 e. The van der Waals surface area contributed by atoms with Gasteiger partial charge in [-0.15, -0.1) is 11.3 Å². The molecule has 0 aliphatic rings. The molecule has 0 saturated carbocycles. The number of aryl methyl sites for hydroxylation is 2. The maximum atomic E-state index is 13.8. The van der Waals surface area contributed by atoms with Crippen molar-refractivity contribution in [3.63, 3.8) is 0 Å². The van der Waals surface area contributed by atoms with Crippen molar-refractivity contribution in [2.24, 2.45) is 0 Å². The summed E-state index contributed by atoms with van der Waals surface area (Å²) in [5, 5.41) is 11.8. The summed E-state index contributed by atoms with van der Waals surface area (Å²) in [5.74, 6) is -0.377. The summed E-state index contributed by atoms with van der Waals surface area (Å²) in [6.07, 6.45) is -0.980. The molecule has 1 unspecified atom stereocenters. The molecule has 0 bridgehead atoms. The van der Waals surface area contributed by atoms with Crippen molar-refractivity contribution in [1.82, 2.24) is 4.98 Å². The lowest BCUT2D eigenvalue weighted by molar-refractivity contribution is 0.210. The van der Waals surface area contributed by atoms with Crippen LogP contribution in [0.3, 0.4) is 0 Å². The Morgan fingerprint density at radius 1 is 1.38 bits per heavy atom. The highest BCUT2D eigenvalue weighted by molar-refractivity contribution is 7.07. The predicted molar refractivity (Wildman–Crippen MR) is 62.0 cm³/mol. The third-order valence-electron chi connectivity index (χ3n) is 2.49. The number of nitrogens with zero attached hydrogens (tertiary/aromatic N) is 1. The molecular formula is C12H12FNOS. The van der Waals surface area contributed by atoms with Gasteiger partial charge in [0.15, 0.2) is 0 Å². The van der Waals surface area contributed by atoms with Crippen LogP contribution in [0.25, 0.3) is 0 Å². The molecule has 1 heterocycles. The number of rotatable bonds is 2. The summed E-state index contributed by atoms with van der Waals surface area (Å²) in [4.78, 5) is 4.00. The van der Waals surface area contributed by atoms with Crippen LogP contribution in [-0.4, -0.2) is 10.1 Å². The lowest BCUT2D eigenvalue weighted by atomic mass is 9.99. The molecule has 1 N–H and O–H groups in total. The zero-order chi connectivity index (χ0) is 11.7. The Morgan fingerprint density at radius 2 is 2.12 bits per heavy atom. The summed E-state index contributed by atoms with van der Waals surface area (Å²) in [5.41, 5.74) is 4.04. The van der Waals surface area contributed by atoms with Gasteiger partial charge in [0.1, 0.15) is 11.9 Å². The van der Waals surface area contributed by atoms with Crippen molar-refractivity contribution in [1.29, 1.82) is 0 Å². The first-order chi connectivity index (χ1) is 7.59. The fourth-order valence-electron chi connectivity index (χ4n) is 1.78. The monoisotopic (exact) mass is 237 g/mol. The molecule has 1 aromatic heterocycles. The van der Waals surface area contributed by atoms with E-state index in [-0.39, 0.29) is 5.82 Å². The number of thiazole rings is 1. The second-order valence-electron chi connectivity index (χ2n) is 3.79. The Kier molecular flexibility index (Phi) is 3.03. The van der Waals surface area contributed by atoms with E-state index in [2.05, 4.69) is 4.98 Å². The molecular weight excluding hydrogens is 225 g/mol. The van der Waals surface area contributed by atoms with E-state index < -0.39 is 6.10 Å². The molecule has 0 fully saturated rings. The van der Waals surface area contributed by atoms with E-state index in [0.29, 0.717) is 11.3 Å². The highest BCUT2D eigenvalue weighted by atomic mass is 32.1. The van der Waals surface area contributed by atoms with Crippen LogP contribution >= 0.6 is 11.3 Å². The van der Waals surface area contributed by atoms with Gasteiger partial charge in [0.05, 0.1) is 11.2 Å². The zero-order valence-electron chi connectivity index (χ0n) is 9.07. The average Bonchev–Trinajstić information content (AvgIpc) is 2.67. The number of aromatic nitrogens is 1. The number of benzene rings is 1. The number of hydrogen-bond acceptors (Lipinski definition) is 3. The first-order valence-corrected chi connectivity index (χ1v) is 5.86. The van der Waals surface area contributed by atoms with Crippen molar-refractivity contribution in [3.8, 4) is 0 Å². The molecule has 0 aliphatic heterocycles. The van der Waals surface area contributed by atoms with Crippen LogP contribution in [0.4, 0.5) is 4.39 Å². The van der Waals surface area contributed by atoms with Crippen molar-refractivity contribution in [3.05, 3.63) is 51.2 Å². The van der Waals surface area contributed by atoms with Crippen LogP contribution in [0.2, 0.25) is 0 Å². The Bertz CT molecular complexity index is 473. The SMILES string of the molecule is Cc1cc(C)c(C(O)c2cscn2)c(F)c1. The van der Waals surface area contributed by atoms with Crippen molar-refractivity contribution >= 4 is 11.3 Å². The third-order valence-corrected chi connectivity index (χ3v) is 3.09. The summed E-state index contributed by atoms with van der Waals surface area (Å²) < 4.78 is 13.8. The van der Waals surface area contributed by atoms with E-state index >= 15 is 0 Å². The molecule has 16 heavy (non-hydrogen) atoms. The maximum Gasteiger partial charge on any atom is 0.129 e. The first kappa shape index (κ1) is 11.2. The highest BCUT2D eigenvalue weighted by Crippen LogP contribution is 2.27. The molecule has 0 amide bonds. The molecule has 1 aromatic carbocycles. The second-order valence-corrected chi connectivity index (χ2v) is 4.51. The van der Waals surface area contributed by atoms with Crippen LogP contribution in [0.15, 0.2) is 23.0 Å². The van der Waals surface area contributed by atoms with Crippen LogP contribution in [0, 0.1) is 19.7 Å². The number of aliphatic hydroxyl groups excluding tert-OH is 1. The maximum absolute atomic E-state index is 13.8. The van der Waals surface area contributed by atoms with Gasteiger partial charge in [-0.05, 0) is 31.0 Å². The molecule has 0 radical (unpaired) electrons. The molecule has 84 valence electrons. The smallest absolute Gasteiger partial charge is 0.129 e. The van der Waals surface area contributed by atoms with Crippen molar-refractivity contribution < 1.29 is 9.50 Å². The fraction of sp³-hybridized carbons (Fsp3) is 0.250. The molecule has 0 spiro atoms. The van der Waals surface area contributed by atoms with Gasteiger partial charge in [-0.2, -0.15) is 0 Å². The Labute approximate surface area is 97.4 Å². The van der Waals surface area contributed by atoms with E-state index in [1.165, 1.54) is 17.4 Å². The fourth-order valence-corrected chi connectivity index (χ4v) is 2.35. The van der Waals surface area contributed by atoms with E-state index in [4.69, 9.17) is 0 Å². The quantitative estimate of drug-likeness (QED) is 0.871. The Balaban J connectivity index is 2.48. The molecule has 4 heteroatoms. The van der Waals surface area contributed by atoms with Crippen LogP contribution in [-0.2, 0) is 0 Å². The summed E-state index contributed by atoms with van der Waals surface area (Å²) in [6, 6.07) is 3.28. The van der Waals surface area contributed by atoms with Gasteiger partial charge in [-0.1, -0.05) is 6.07 Å². The molecule has 0 aliphatic carbocycles. The van der Waals surface area contributed by atoms with Crippen LogP contribution in [0.5, 0.6) is 0 Å². The van der Waals surface area contributed by atoms with Crippen LogP contribution < -0.4 is 0 Å². The summed E-state index contributed by atoms with van der Waals surface area (Å²) in [6.45, 7) is 3.62. The van der Waals surface area contributed by atoms with E-state index in [1.54, 1.807) is 17.8 Å². The molecule has 0 saturated heterocycles. The minimum atomic E-state index is -0.980. The van der Waals surface area contributed by atoms with Gasteiger partial charge >= 0.3 is 0 Å². The van der Waals surface area contributed by atoms with Gasteiger partial charge in [-0.3, -0.25) is 0 Å². The predicted octanol–water partition coefficient (Wildman–Crippen LogP) is 2.98. The van der Waals surface area contributed by atoms with E-state index in [1.807, 2.05) is 13.0 Å². The van der Waals surface area contributed by atoms with Gasteiger partial charge in [0, 0.05) is 10.9 Å². The van der Waals surface area contributed by atoms with Gasteiger partial charge < -0.3 is 5.11 Å². The summed E-state index contributed by atoms with van der Waals surface area (Å²) >= 11 is 1.38. The number of aliphatic hydroxyl groups is 1. The van der Waals surface area contributed by atoms with Gasteiger partial charge in [0.2, 0.25) is 0 Å². The summed E-state index contributed by atoms with van der Waals surface area (Å²) in [7, 11) is 0. The van der Waals surface area contributed by atoms with Gasteiger partial charge in [-0.25, -0.2) is 9.37 Å². The Morgan fingerprint density at radius 3 is 2.69 bits per heavy atom. The number of hydrogen-bond donors (Lipinski definition) is 1. The molecule has 2 rings (SSSR count). The highest BCUT2D eigenvalue weighted by Gasteiger charge is 2.19. The second kappa shape index (κ2) is 4.31. The largest absolute Gasteiger partial charge is 0.382 e. The molecule has 1 atom stereocenters. The lowest BCUT2D eigenvalue weighted by Crippen LogP contribution is -2.06. The van der Waals surface area contributed by atoms with E-state index in [0.717, 1.165) is 11.1 Å². The van der Waals surface area contributed by atoms with Crippen molar-refractivity contribution in [2.75, 3.05) is 0 Å². The first-order valence-electron chi connectivity index (χ1n) is 4.92. The average molecular weight is 237 g/mol. The van der Waals surface area contributed by atoms with Gasteiger partial charge in [0.25, 0.3) is 0 Å². The Hall–Kier alpha value is -1.26. The van der Waals surface area contributed by atoms with E-state index in [9.17, 15) is 9.50 Å².